The summed E-state index contributed by atoms with van der Waals surface area (Å²) in [6.07, 6.45) is 0. The number of amides is 1. The van der Waals surface area contributed by atoms with E-state index < -0.39 is 0 Å². The van der Waals surface area contributed by atoms with Crippen molar-refractivity contribution in [1.29, 1.82) is 0 Å². The Morgan fingerprint density at radius 1 is 1.17 bits per heavy atom. The highest BCUT2D eigenvalue weighted by molar-refractivity contribution is 9.10. The minimum Gasteiger partial charge on any atom is -0.307 e. The minimum absolute atomic E-state index is 0.146. The molecule has 0 aliphatic carbocycles. The van der Waals surface area contributed by atoms with Crippen LogP contribution in [0.3, 0.4) is 0 Å². The number of rotatable bonds is 2. The number of hydrogen-bond donors (Lipinski definition) is 1. The first kappa shape index (κ1) is 12.8. The molecule has 1 heterocycles. The zero-order valence-corrected chi connectivity index (χ0v) is 11.8. The summed E-state index contributed by atoms with van der Waals surface area (Å²) in [6, 6.07) is 11.2. The quantitative estimate of drug-likeness (QED) is 0.859. The van der Waals surface area contributed by atoms with Crippen molar-refractivity contribution < 1.29 is 4.79 Å². The van der Waals surface area contributed by atoms with Crippen LogP contribution in [0.5, 0.6) is 0 Å². The van der Waals surface area contributed by atoms with Gasteiger partial charge in [-0.05, 0) is 54.0 Å². The van der Waals surface area contributed by atoms with Gasteiger partial charge >= 0.3 is 0 Å². The smallest absolute Gasteiger partial charge is 0.256 e. The summed E-state index contributed by atoms with van der Waals surface area (Å²) in [5.74, 6) is 0.390. The van der Waals surface area contributed by atoms with E-state index in [-0.39, 0.29) is 5.91 Å². The number of benzene rings is 1. The number of anilines is 1. The summed E-state index contributed by atoms with van der Waals surface area (Å²) in [5, 5.41) is 2.77. The van der Waals surface area contributed by atoms with Crippen LogP contribution in [0.1, 0.15) is 21.5 Å². The molecule has 0 fully saturated rings. The van der Waals surface area contributed by atoms with Gasteiger partial charge in [0.1, 0.15) is 10.4 Å². The van der Waals surface area contributed by atoms with E-state index in [1.165, 1.54) is 0 Å². The van der Waals surface area contributed by atoms with Crippen LogP contribution in [-0.2, 0) is 0 Å². The SMILES string of the molecule is Cc1cc(C)cc(C(=O)Nc2cccc(Br)n2)c1. The van der Waals surface area contributed by atoms with Crippen molar-refractivity contribution >= 4 is 27.7 Å². The highest BCUT2D eigenvalue weighted by Crippen LogP contribution is 2.13. The summed E-state index contributed by atoms with van der Waals surface area (Å²) in [5.41, 5.74) is 2.79. The molecule has 1 aromatic carbocycles. The number of halogens is 1. The van der Waals surface area contributed by atoms with Gasteiger partial charge in [0.05, 0.1) is 0 Å². The number of carbonyl (C=O) groups is 1. The Morgan fingerprint density at radius 2 is 1.83 bits per heavy atom. The summed E-state index contributed by atoms with van der Waals surface area (Å²) >= 11 is 3.27. The van der Waals surface area contributed by atoms with E-state index in [0.29, 0.717) is 16.0 Å². The van der Waals surface area contributed by atoms with Gasteiger partial charge in [0.25, 0.3) is 5.91 Å². The second-order valence-electron chi connectivity index (χ2n) is 4.18. The molecule has 18 heavy (non-hydrogen) atoms. The van der Waals surface area contributed by atoms with Crippen LogP contribution in [0.15, 0.2) is 41.0 Å². The van der Waals surface area contributed by atoms with E-state index in [4.69, 9.17) is 0 Å². The van der Waals surface area contributed by atoms with E-state index in [0.717, 1.165) is 11.1 Å². The van der Waals surface area contributed by atoms with E-state index in [2.05, 4.69) is 26.2 Å². The van der Waals surface area contributed by atoms with Gasteiger partial charge in [-0.3, -0.25) is 4.79 Å². The van der Waals surface area contributed by atoms with Gasteiger partial charge in [-0.1, -0.05) is 23.3 Å². The molecule has 0 bridgehead atoms. The minimum atomic E-state index is -0.146. The van der Waals surface area contributed by atoms with E-state index in [9.17, 15) is 4.79 Å². The molecule has 0 atom stereocenters. The Morgan fingerprint density at radius 3 is 2.44 bits per heavy atom. The number of pyridine rings is 1. The van der Waals surface area contributed by atoms with Crippen LogP contribution < -0.4 is 5.32 Å². The standard InChI is InChI=1S/C14H13BrN2O/c1-9-6-10(2)8-11(7-9)14(18)17-13-5-3-4-12(15)16-13/h3-8H,1-2H3,(H,16,17,18). The van der Waals surface area contributed by atoms with Crippen molar-refractivity contribution in [2.45, 2.75) is 13.8 Å². The molecule has 0 saturated heterocycles. The van der Waals surface area contributed by atoms with Crippen molar-refractivity contribution in [3.05, 3.63) is 57.7 Å². The van der Waals surface area contributed by atoms with Crippen LogP contribution >= 0.6 is 15.9 Å². The fourth-order valence-corrected chi connectivity index (χ4v) is 2.12. The molecule has 1 aromatic heterocycles. The Labute approximate surface area is 114 Å². The third kappa shape index (κ3) is 3.17. The highest BCUT2D eigenvalue weighted by atomic mass is 79.9. The Kier molecular flexibility index (Phi) is 3.77. The van der Waals surface area contributed by atoms with Gasteiger partial charge in [-0.2, -0.15) is 0 Å². The van der Waals surface area contributed by atoms with E-state index in [1.807, 2.05) is 44.2 Å². The maximum absolute atomic E-state index is 12.1. The number of carbonyl (C=O) groups excluding carboxylic acids is 1. The lowest BCUT2D eigenvalue weighted by Crippen LogP contribution is -2.13. The molecular formula is C14H13BrN2O. The highest BCUT2D eigenvalue weighted by Gasteiger charge is 2.07. The molecule has 0 saturated carbocycles. The fourth-order valence-electron chi connectivity index (χ4n) is 1.77. The maximum Gasteiger partial charge on any atom is 0.256 e. The number of hydrogen-bond acceptors (Lipinski definition) is 2. The molecule has 0 spiro atoms. The van der Waals surface area contributed by atoms with Gasteiger partial charge in [-0.15, -0.1) is 0 Å². The van der Waals surface area contributed by atoms with E-state index in [1.54, 1.807) is 6.07 Å². The molecule has 1 N–H and O–H groups in total. The molecule has 2 rings (SSSR count). The van der Waals surface area contributed by atoms with Crippen molar-refractivity contribution in [2.75, 3.05) is 5.32 Å². The fraction of sp³-hybridized carbons (Fsp3) is 0.143. The topological polar surface area (TPSA) is 42.0 Å². The lowest BCUT2D eigenvalue weighted by atomic mass is 10.1. The predicted octanol–water partition coefficient (Wildman–Crippen LogP) is 3.71. The summed E-state index contributed by atoms with van der Waals surface area (Å²) in [7, 11) is 0. The molecule has 0 unspecified atom stereocenters. The molecular weight excluding hydrogens is 292 g/mol. The third-order valence-corrected chi connectivity index (χ3v) is 2.88. The van der Waals surface area contributed by atoms with Gasteiger partial charge in [-0.25, -0.2) is 4.98 Å². The van der Waals surface area contributed by atoms with Crippen molar-refractivity contribution in [3.8, 4) is 0 Å². The monoisotopic (exact) mass is 304 g/mol. The number of nitrogens with one attached hydrogen (secondary N) is 1. The largest absolute Gasteiger partial charge is 0.307 e. The lowest BCUT2D eigenvalue weighted by Gasteiger charge is -2.06. The summed E-state index contributed by atoms with van der Waals surface area (Å²) in [4.78, 5) is 16.2. The second-order valence-corrected chi connectivity index (χ2v) is 4.99. The average Bonchev–Trinajstić information content (AvgIpc) is 2.27. The van der Waals surface area contributed by atoms with Gasteiger partial charge in [0, 0.05) is 5.56 Å². The first-order valence-electron chi connectivity index (χ1n) is 5.57. The molecule has 0 radical (unpaired) electrons. The maximum atomic E-state index is 12.1. The normalized spacial score (nSPS) is 10.2. The molecule has 92 valence electrons. The molecule has 3 nitrogen and oxygen atoms in total. The molecule has 1 amide bonds. The van der Waals surface area contributed by atoms with Gasteiger partial charge in [0.15, 0.2) is 0 Å². The number of nitrogens with zero attached hydrogens (tertiary/aromatic N) is 1. The van der Waals surface area contributed by atoms with Crippen molar-refractivity contribution in [1.82, 2.24) is 4.98 Å². The van der Waals surface area contributed by atoms with Crippen LogP contribution in [0.2, 0.25) is 0 Å². The van der Waals surface area contributed by atoms with Crippen molar-refractivity contribution in [3.63, 3.8) is 0 Å². The average molecular weight is 305 g/mol. The number of aryl methyl sites for hydroxylation is 2. The molecule has 0 aliphatic heterocycles. The first-order chi connectivity index (χ1) is 8.54. The Balaban J connectivity index is 2.22. The third-order valence-electron chi connectivity index (χ3n) is 2.44. The van der Waals surface area contributed by atoms with Crippen LogP contribution in [0.4, 0.5) is 5.82 Å². The number of aromatic nitrogens is 1. The Hall–Kier alpha value is -1.68. The predicted molar refractivity (Wildman–Crippen MR) is 75.8 cm³/mol. The van der Waals surface area contributed by atoms with Crippen LogP contribution in [0, 0.1) is 13.8 Å². The zero-order valence-electron chi connectivity index (χ0n) is 10.2. The summed E-state index contributed by atoms with van der Waals surface area (Å²) < 4.78 is 0.695. The Bertz CT molecular complexity index is 576. The molecule has 0 aliphatic rings. The van der Waals surface area contributed by atoms with Crippen LogP contribution in [0.25, 0.3) is 0 Å². The summed E-state index contributed by atoms with van der Waals surface area (Å²) in [6.45, 7) is 3.95. The molecule has 4 heteroatoms. The van der Waals surface area contributed by atoms with Gasteiger partial charge < -0.3 is 5.32 Å². The van der Waals surface area contributed by atoms with E-state index >= 15 is 0 Å². The second kappa shape index (κ2) is 5.31. The zero-order chi connectivity index (χ0) is 13.1. The van der Waals surface area contributed by atoms with Crippen molar-refractivity contribution in [2.24, 2.45) is 0 Å². The first-order valence-corrected chi connectivity index (χ1v) is 6.36. The van der Waals surface area contributed by atoms with Crippen LogP contribution in [-0.4, -0.2) is 10.9 Å². The molecule has 2 aromatic rings. The van der Waals surface area contributed by atoms with Gasteiger partial charge in [0.2, 0.25) is 0 Å². The lowest BCUT2D eigenvalue weighted by molar-refractivity contribution is 0.102.